The second kappa shape index (κ2) is 8.16. The van der Waals surface area contributed by atoms with Crippen molar-refractivity contribution in [1.82, 2.24) is 14.6 Å². The molecule has 140 valence electrons. The smallest absolute Gasteiger partial charge is 0.240 e. The van der Waals surface area contributed by atoms with Gasteiger partial charge in [0.05, 0.1) is 4.90 Å². The minimum absolute atomic E-state index is 0.334. The summed E-state index contributed by atoms with van der Waals surface area (Å²) in [6.07, 6.45) is 1.81. The fraction of sp³-hybridized carbons (Fsp3) is 0.421. The normalized spacial score (nSPS) is 16.0. The number of rotatable bonds is 6. The van der Waals surface area contributed by atoms with Crippen LogP contribution in [0.2, 0.25) is 0 Å². The second-order valence-electron chi connectivity index (χ2n) is 6.66. The molecule has 0 aliphatic carbocycles. The molecule has 1 aromatic carbocycles. The molecule has 7 heteroatoms. The van der Waals surface area contributed by atoms with Crippen molar-refractivity contribution in [3.8, 4) is 0 Å². The molecule has 0 bridgehead atoms. The second-order valence-corrected chi connectivity index (χ2v) is 8.43. The predicted octanol–water partition coefficient (Wildman–Crippen LogP) is 1.80. The van der Waals surface area contributed by atoms with E-state index in [1.54, 1.807) is 12.1 Å². The third-order valence-corrected chi connectivity index (χ3v) is 6.31. The first kappa shape index (κ1) is 18.8. The van der Waals surface area contributed by atoms with Crippen molar-refractivity contribution in [2.45, 2.75) is 18.7 Å². The number of anilines is 1. The number of hydrogen-bond donors (Lipinski definition) is 1. The van der Waals surface area contributed by atoms with Crippen molar-refractivity contribution in [2.75, 3.05) is 44.2 Å². The van der Waals surface area contributed by atoms with Crippen molar-refractivity contribution in [3.05, 3.63) is 53.7 Å². The number of hydrogen-bond acceptors (Lipinski definition) is 5. The largest absolute Gasteiger partial charge is 0.354 e. The summed E-state index contributed by atoms with van der Waals surface area (Å²) in [6, 6.07) is 11.2. The van der Waals surface area contributed by atoms with E-state index in [1.807, 2.05) is 44.3 Å². The molecule has 0 atom stereocenters. The summed E-state index contributed by atoms with van der Waals surface area (Å²) in [5, 5.41) is 0. The van der Waals surface area contributed by atoms with E-state index in [1.165, 1.54) is 0 Å². The topological polar surface area (TPSA) is 65.5 Å². The van der Waals surface area contributed by atoms with Crippen LogP contribution in [-0.2, 0) is 10.0 Å². The molecule has 1 N–H and O–H groups in total. The number of piperazine rings is 1. The highest BCUT2D eigenvalue weighted by molar-refractivity contribution is 7.89. The number of benzene rings is 1. The standard InChI is InChI=1S/C19H26N4O2S/c1-16-6-7-18(15-17(16)2)26(24,25)21-9-10-22-11-13-23(14-12-22)19-5-3-4-8-20-19/h3-8,15,21H,9-14H2,1-2H3. The van der Waals surface area contributed by atoms with E-state index in [0.717, 1.165) is 43.1 Å². The highest BCUT2D eigenvalue weighted by Gasteiger charge is 2.19. The van der Waals surface area contributed by atoms with Crippen LogP contribution in [0.1, 0.15) is 11.1 Å². The molecular weight excluding hydrogens is 348 g/mol. The summed E-state index contributed by atoms with van der Waals surface area (Å²) >= 11 is 0. The first-order valence-electron chi connectivity index (χ1n) is 8.91. The predicted molar refractivity (Wildman–Crippen MR) is 104 cm³/mol. The Hall–Kier alpha value is -1.96. The molecule has 0 radical (unpaired) electrons. The average molecular weight is 375 g/mol. The molecule has 26 heavy (non-hydrogen) atoms. The third kappa shape index (κ3) is 4.60. The number of aromatic nitrogens is 1. The van der Waals surface area contributed by atoms with Crippen LogP contribution in [0.5, 0.6) is 0 Å². The van der Waals surface area contributed by atoms with Gasteiger partial charge in [0.2, 0.25) is 10.0 Å². The molecule has 1 fully saturated rings. The molecule has 0 amide bonds. The Bertz CT molecular complexity index is 832. The first-order valence-corrected chi connectivity index (χ1v) is 10.4. The SMILES string of the molecule is Cc1ccc(S(=O)(=O)NCCN2CCN(c3ccccn3)CC2)cc1C. The van der Waals surface area contributed by atoms with Crippen molar-refractivity contribution in [2.24, 2.45) is 0 Å². The van der Waals surface area contributed by atoms with Crippen LogP contribution in [0.3, 0.4) is 0 Å². The maximum Gasteiger partial charge on any atom is 0.240 e. The monoisotopic (exact) mass is 374 g/mol. The Kier molecular flexibility index (Phi) is 5.90. The van der Waals surface area contributed by atoms with E-state index in [4.69, 9.17) is 0 Å². The maximum atomic E-state index is 12.4. The lowest BCUT2D eigenvalue weighted by Crippen LogP contribution is -2.48. The summed E-state index contributed by atoms with van der Waals surface area (Å²) in [7, 11) is -3.45. The van der Waals surface area contributed by atoms with Gasteiger partial charge in [0.1, 0.15) is 5.82 Å². The van der Waals surface area contributed by atoms with Gasteiger partial charge in [-0.1, -0.05) is 12.1 Å². The van der Waals surface area contributed by atoms with Gasteiger partial charge in [0.15, 0.2) is 0 Å². The molecule has 1 aliphatic heterocycles. The van der Waals surface area contributed by atoms with E-state index in [0.29, 0.717) is 18.0 Å². The average Bonchev–Trinajstić information content (AvgIpc) is 2.65. The molecule has 3 rings (SSSR count). The number of pyridine rings is 1. The zero-order valence-electron chi connectivity index (χ0n) is 15.4. The van der Waals surface area contributed by atoms with Gasteiger partial charge in [0.25, 0.3) is 0 Å². The molecule has 0 spiro atoms. The molecule has 0 unspecified atom stereocenters. The van der Waals surface area contributed by atoms with Crippen molar-refractivity contribution < 1.29 is 8.42 Å². The molecule has 6 nitrogen and oxygen atoms in total. The lowest BCUT2D eigenvalue weighted by molar-refractivity contribution is 0.261. The van der Waals surface area contributed by atoms with Crippen LogP contribution in [0, 0.1) is 13.8 Å². The lowest BCUT2D eigenvalue weighted by Gasteiger charge is -2.35. The zero-order chi connectivity index (χ0) is 18.6. The Morgan fingerprint density at radius 1 is 1.04 bits per heavy atom. The van der Waals surface area contributed by atoms with E-state index in [2.05, 4.69) is 19.5 Å². The van der Waals surface area contributed by atoms with Crippen LogP contribution < -0.4 is 9.62 Å². The van der Waals surface area contributed by atoms with Crippen LogP contribution in [0.15, 0.2) is 47.5 Å². The number of sulfonamides is 1. The van der Waals surface area contributed by atoms with Crippen molar-refractivity contribution in [1.29, 1.82) is 0 Å². The van der Waals surface area contributed by atoms with E-state index in [9.17, 15) is 8.42 Å². The van der Waals surface area contributed by atoms with Gasteiger partial charge in [-0.25, -0.2) is 18.1 Å². The van der Waals surface area contributed by atoms with Crippen LogP contribution in [-0.4, -0.2) is 57.6 Å². The van der Waals surface area contributed by atoms with Crippen LogP contribution in [0.4, 0.5) is 5.82 Å². The molecule has 1 aromatic heterocycles. The van der Waals surface area contributed by atoms with Gasteiger partial charge >= 0.3 is 0 Å². The summed E-state index contributed by atoms with van der Waals surface area (Å²) in [6.45, 7) is 8.64. The fourth-order valence-electron chi connectivity index (χ4n) is 3.04. The van der Waals surface area contributed by atoms with Gasteiger partial charge in [0, 0.05) is 45.5 Å². The van der Waals surface area contributed by atoms with Crippen LogP contribution in [0.25, 0.3) is 0 Å². The van der Waals surface area contributed by atoms with Gasteiger partial charge in [-0.3, -0.25) is 4.90 Å². The minimum Gasteiger partial charge on any atom is -0.354 e. The summed E-state index contributed by atoms with van der Waals surface area (Å²) in [5.74, 6) is 1.00. The summed E-state index contributed by atoms with van der Waals surface area (Å²) in [4.78, 5) is 9.26. The zero-order valence-corrected chi connectivity index (χ0v) is 16.2. The van der Waals surface area contributed by atoms with Gasteiger partial charge in [-0.2, -0.15) is 0 Å². The van der Waals surface area contributed by atoms with Gasteiger partial charge in [-0.15, -0.1) is 0 Å². The number of nitrogens with one attached hydrogen (secondary N) is 1. The highest BCUT2D eigenvalue weighted by Crippen LogP contribution is 2.15. The number of nitrogens with zero attached hydrogens (tertiary/aromatic N) is 3. The summed E-state index contributed by atoms with van der Waals surface area (Å²) in [5.41, 5.74) is 2.08. The van der Waals surface area contributed by atoms with E-state index < -0.39 is 10.0 Å². The Labute approximate surface area is 155 Å². The summed E-state index contributed by atoms with van der Waals surface area (Å²) < 4.78 is 27.6. The molecule has 1 saturated heterocycles. The number of aryl methyl sites for hydroxylation is 2. The highest BCUT2D eigenvalue weighted by atomic mass is 32.2. The molecule has 0 saturated carbocycles. The molecule has 2 aromatic rings. The third-order valence-electron chi connectivity index (χ3n) is 4.85. The van der Waals surface area contributed by atoms with Crippen molar-refractivity contribution in [3.63, 3.8) is 0 Å². The van der Waals surface area contributed by atoms with Gasteiger partial charge in [-0.05, 0) is 49.2 Å². The molecule has 1 aliphatic rings. The molecular formula is C19H26N4O2S. The Morgan fingerprint density at radius 2 is 1.81 bits per heavy atom. The molecule has 2 heterocycles. The van der Waals surface area contributed by atoms with E-state index in [-0.39, 0.29) is 0 Å². The maximum absolute atomic E-state index is 12.4. The lowest BCUT2D eigenvalue weighted by atomic mass is 10.1. The van der Waals surface area contributed by atoms with E-state index >= 15 is 0 Å². The van der Waals surface area contributed by atoms with Crippen LogP contribution >= 0.6 is 0 Å². The van der Waals surface area contributed by atoms with Crippen molar-refractivity contribution >= 4 is 15.8 Å². The quantitative estimate of drug-likeness (QED) is 0.835. The first-order chi connectivity index (χ1) is 12.5. The van der Waals surface area contributed by atoms with Gasteiger partial charge < -0.3 is 4.90 Å². The minimum atomic E-state index is -3.45. The fourth-order valence-corrected chi connectivity index (χ4v) is 4.15. The Balaban J connectivity index is 1.47. The Morgan fingerprint density at radius 3 is 2.46 bits per heavy atom.